The first-order valence-electron chi connectivity index (χ1n) is 20.2. The van der Waals surface area contributed by atoms with Crippen molar-refractivity contribution in [3.05, 3.63) is 0 Å². The van der Waals surface area contributed by atoms with Crippen LogP contribution >= 0.6 is 0 Å². The van der Waals surface area contributed by atoms with Crippen molar-refractivity contribution in [2.45, 2.75) is 135 Å². The van der Waals surface area contributed by atoms with Crippen LogP contribution in [0.4, 0.5) is 0 Å². The minimum Gasteiger partial charge on any atom is -0.480 e. The predicted octanol–water partition coefficient (Wildman–Crippen LogP) is -5.96. The van der Waals surface area contributed by atoms with Gasteiger partial charge in [0.25, 0.3) is 0 Å². The molecule has 0 bridgehead atoms. The summed E-state index contributed by atoms with van der Waals surface area (Å²) in [6.07, 6.45) is -3.03. The van der Waals surface area contributed by atoms with Gasteiger partial charge in [0.1, 0.15) is 42.3 Å². The number of primary amides is 1. The summed E-state index contributed by atoms with van der Waals surface area (Å²) in [5, 5.41) is 65.4. The van der Waals surface area contributed by atoms with Gasteiger partial charge in [0.15, 0.2) is 5.96 Å². The van der Waals surface area contributed by atoms with E-state index >= 15 is 0 Å². The van der Waals surface area contributed by atoms with Gasteiger partial charge in [0.2, 0.25) is 47.3 Å². The molecule has 0 aromatic heterocycles. The van der Waals surface area contributed by atoms with Crippen LogP contribution in [-0.4, -0.2) is 154 Å². The zero-order chi connectivity index (χ0) is 48.0. The van der Waals surface area contributed by atoms with Crippen LogP contribution in [0.1, 0.15) is 80.6 Å². The molecule has 0 aliphatic carbocycles. The quantitative estimate of drug-likeness (QED) is 0.0189. The van der Waals surface area contributed by atoms with Crippen LogP contribution in [0.5, 0.6) is 0 Å². The maximum absolute atomic E-state index is 13.9. The van der Waals surface area contributed by atoms with Crippen LogP contribution in [0.2, 0.25) is 0 Å². The summed E-state index contributed by atoms with van der Waals surface area (Å²) in [7, 11) is 0. The van der Waals surface area contributed by atoms with Gasteiger partial charge in [0.05, 0.1) is 31.8 Å². The molecule has 62 heavy (non-hydrogen) atoms. The first-order chi connectivity index (χ1) is 28.8. The molecule has 0 fully saturated rings. The number of nitrogens with two attached hydrogens (primary N) is 3. The SMILES string of the molecule is CC[C@H](C)C(NC(=O)[C@@H](CCCNC(=N)N)NC(=O)[C@H](CC(C)C)NC(=O)[C@@H](N)[C@H](O)C(C)C)C(=O)N[C@H](C(=O)NCC(=O)N[C@@H](CC(N)=O)C(=O)N[C@@H](CO)C(=O)O)[C@H](C)O. The van der Waals surface area contributed by atoms with Gasteiger partial charge in [0, 0.05) is 6.54 Å². The first kappa shape index (κ1) is 56.3. The van der Waals surface area contributed by atoms with E-state index in [-0.39, 0.29) is 43.6 Å². The second-order valence-electron chi connectivity index (χ2n) is 15.7. The van der Waals surface area contributed by atoms with Crippen molar-refractivity contribution in [2.75, 3.05) is 19.7 Å². The highest BCUT2D eigenvalue weighted by atomic mass is 16.4. The van der Waals surface area contributed by atoms with Crippen LogP contribution in [0.3, 0.4) is 0 Å². The Kier molecular flexibility index (Phi) is 25.5. The number of aliphatic hydroxyl groups excluding tert-OH is 3. The van der Waals surface area contributed by atoms with Crippen molar-refractivity contribution in [3.8, 4) is 0 Å². The van der Waals surface area contributed by atoms with E-state index in [0.717, 1.165) is 6.92 Å². The molecule has 25 nitrogen and oxygen atoms in total. The average Bonchev–Trinajstić information content (AvgIpc) is 3.18. The second-order valence-corrected chi connectivity index (χ2v) is 15.7. The van der Waals surface area contributed by atoms with E-state index in [1.54, 1.807) is 41.5 Å². The number of hydrogen-bond acceptors (Lipinski definition) is 14. The summed E-state index contributed by atoms with van der Waals surface area (Å²) in [5.41, 5.74) is 16.5. The van der Waals surface area contributed by atoms with E-state index in [9.17, 15) is 58.5 Å². The molecule has 0 aromatic rings. The fourth-order valence-corrected chi connectivity index (χ4v) is 5.61. The largest absolute Gasteiger partial charge is 0.480 e. The van der Waals surface area contributed by atoms with Gasteiger partial charge in [-0.3, -0.25) is 43.8 Å². The molecule has 0 spiro atoms. The number of amides is 8. The second kappa shape index (κ2) is 28.0. The molecule has 8 amide bonds. The molecule has 0 heterocycles. The zero-order valence-electron chi connectivity index (χ0n) is 36.3. The number of nitrogens with one attached hydrogen (secondary N) is 9. The molecule has 0 rings (SSSR count). The predicted molar refractivity (Wildman–Crippen MR) is 222 cm³/mol. The van der Waals surface area contributed by atoms with Crippen LogP contribution in [0, 0.1) is 23.2 Å². The van der Waals surface area contributed by atoms with Crippen molar-refractivity contribution in [3.63, 3.8) is 0 Å². The molecule has 0 aliphatic rings. The number of carboxylic acid groups (broad SMARTS) is 1. The summed E-state index contributed by atoms with van der Waals surface area (Å²) < 4.78 is 0. The Balaban J connectivity index is 6.24. The van der Waals surface area contributed by atoms with Crippen LogP contribution < -0.4 is 59.7 Å². The summed E-state index contributed by atoms with van der Waals surface area (Å²) in [4.78, 5) is 116. The first-order valence-corrected chi connectivity index (χ1v) is 20.2. The van der Waals surface area contributed by atoms with Crippen molar-refractivity contribution >= 4 is 59.2 Å². The fourth-order valence-electron chi connectivity index (χ4n) is 5.61. The minimum atomic E-state index is -1.77. The topological polar surface area (TPSA) is 433 Å². The van der Waals surface area contributed by atoms with Crippen molar-refractivity contribution in [1.82, 2.24) is 42.5 Å². The van der Waals surface area contributed by atoms with Gasteiger partial charge in [-0.25, -0.2) is 4.79 Å². The monoisotopic (exact) mass is 889 g/mol. The third kappa shape index (κ3) is 20.7. The van der Waals surface area contributed by atoms with Gasteiger partial charge >= 0.3 is 5.97 Å². The highest BCUT2D eigenvalue weighted by Gasteiger charge is 2.36. The van der Waals surface area contributed by atoms with Crippen molar-refractivity contribution in [2.24, 2.45) is 35.0 Å². The molecule has 1 unspecified atom stereocenters. The molecular weight excluding hydrogens is 820 g/mol. The molecule has 10 atom stereocenters. The molecule has 0 aliphatic heterocycles. The van der Waals surface area contributed by atoms with Gasteiger partial charge in [-0.15, -0.1) is 0 Å². The Morgan fingerprint density at radius 3 is 1.68 bits per heavy atom. The molecule has 19 N–H and O–H groups in total. The molecule has 0 radical (unpaired) electrons. The van der Waals surface area contributed by atoms with E-state index in [2.05, 4.69) is 37.2 Å². The highest BCUT2D eigenvalue weighted by molar-refractivity contribution is 5.98. The number of rotatable bonds is 29. The Labute approximate surface area is 360 Å². The standard InChI is InChI=1S/C37H68N12O13/c1-8-18(6)27(35(60)49-28(19(7)51)34(59)43-14-25(53)44-22(13-24(38)52)32(57)47-23(15-50)36(61)62)48-30(55)20(10-9-11-42-37(40)41)45-31(56)21(12-16(2)3)46-33(58)26(39)29(54)17(4)5/h16-23,26-29,50-51,54H,8-15,39H2,1-7H3,(H2,38,52)(H,43,59)(H,44,53)(H,45,56)(H,46,58)(H,47,57)(H,48,55)(H,49,60)(H,61,62)(H4,40,41,42)/t18-,19-,20+,21-,22-,23-,26-,27?,28-,29+/m0/s1. The van der Waals surface area contributed by atoms with E-state index in [4.69, 9.17) is 27.7 Å². The Hall–Kier alpha value is -5.66. The number of hydrogen-bond donors (Lipinski definition) is 16. The lowest BCUT2D eigenvalue weighted by molar-refractivity contribution is -0.143. The van der Waals surface area contributed by atoms with Gasteiger partial charge in [-0.1, -0.05) is 48.0 Å². The number of carbonyl (C=O) groups is 9. The summed E-state index contributed by atoms with van der Waals surface area (Å²) in [5.74, 6) is -10.8. The Bertz CT molecular complexity index is 1560. The third-order valence-electron chi connectivity index (χ3n) is 9.45. The fraction of sp³-hybridized carbons (Fsp3) is 0.730. The van der Waals surface area contributed by atoms with Crippen LogP contribution in [-0.2, 0) is 43.2 Å². The van der Waals surface area contributed by atoms with Crippen molar-refractivity contribution < 1.29 is 63.6 Å². The van der Waals surface area contributed by atoms with Crippen LogP contribution in [0.25, 0.3) is 0 Å². The maximum atomic E-state index is 13.9. The molecular formula is C37H68N12O13. The summed E-state index contributed by atoms with van der Waals surface area (Å²) in [6.45, 7) is 9.61. The Morgan fingerprint density at radius 2 is 1.19 bits per heavy atom. The van der Waals surface area contributed by atoms with Gasteiger partial charge in [-0.2, -0.15) is 0 Å². The molecule has 0 saturated heterocycles. The highest BCUT2D eigenvalue weighted by Crippen LogP contribution is 2.13. The van der Waals surface area contributed by atoms with Crippen molar-refractivity contribution in [1.29, 1.82) is 5.41 Å². The lowest BCUT2D eigenvalue weighted by Gasteiger charge is -2.30. The normalized spacial score (nSPS) is 16.0. The lowest BCUT2D eigenvalue weighted by Crippen LogP contribution is -2.62. The van der Waals surface area contributed by atoms with Crippen LogP contribution in [0.15, 0.2) is 0 Å². The van der Waals surface area contributed by atoms with Gasteiger partial charge < -0.3 is 80.2 Å². The number of aliphatic hydroxyl groups is 3. The van der Waals surface area contributed by atoms with Gasteiger partial charge in [-0.05, 0) is 43.9 Å². The van der Waals surface area contributed by atoms with E-state index < -0.39 is 133 Å². The Morgan fingerprint density at radius 1 is 0.661 bits per heavy atom. The zero-order valence-corrected chi connectivity index (χ0v) is 36.3. The molecule has 354 valence electrons. The lowest BCUT2D eigenvalue weighted by atomic mass is 9.96. The maximum Gasteiger partial charge on any atom is 0.328 e. The van der Waals surface area contributed by atoms with E-state index in [1.165, 1.54) is 0 Å². The molecule has 25 heteroatoms. The molecule has 0 saturated carbocycles. The summed E-state index contributed by atoms with van der Waals surface area (Å²) >= 11 is 0. The average molecular weight is 889 g/mol. The number of carbonyl (C=O) groups excluding carboxylic acids is 8. The number of aliphatic carboxylic acids is 1. The van der Waals surface area contributed by atoms with E-state index in [1.807, 2.05) is 5.32 Å². The minimum absolute atomic E-state index is 0.0507. The smallest absolute Gasteiger partial charge is 0.328 e. The number of guanidine groups is 1. The summed E-state index contributed by atoms with van der Waals surface area (Å²) in [6, 6.07) is -10.5. The number of carboxylic acids is 1. The molecule has 0 aromatic carbocycles. The third-order valence-corrected chi connectivity index (χ3v) is 9.45. The van der Waals surface area contributed by atoms with E-state index in [0.29, 0.717) is 6.42 Å².